The number of thiazole rings is 1. The fraction of sp³-hybridized carbons (Fsp3) is 0.286. The number of halogens is 1. The predicted molar refractivity (Wildman–Crippen MR) is 139 cm³/mol. The Labute approximate surface area is 208 Å². The molecule has 7 heteroatoms. The van der Waals surface area contributed by atoms with Gasteiger partial charge in [-0.15, -0.1) is 11.3 Å². The first-order valence-electron chi connectivity index (χ1n) is 11.7. The number of nitrogens with zero attached hydrogens (tertiary/aromatic N) is 1. The SMILES string of the molecule is CCO[C@H](c1ccc(F)cc1)c1cc(Nc2ccc3nc(C)sc3c2)cc([C@H](CC)CC(=O)O)c1. The maximum absolute atomic E-state index is 13.6. The van der Waals surface area contributed by atoms with Crippen LogP contribution in [0.25, 0.3) is 10.2 Å². The zero-order valence-electron chi connectivity index (χ0n) is 20.0. The topological polar surface area (TPSA) is 71.5 Å². The van der Waals surface area contributed by atoms with Crippen molar-refractivity contribution >= 4 is 38.9 Å². The minimum absolute atomic E-state index is 0.0430. The highest BCUT2D eigenvalue weighted by Gasteiger charge is 2.20. The van der Waals surface area contributed by atoms with Gasteiger partial charge < -0.3 is 15.2 Å². The largest absolute Gasteiger partial charge is 0.481 e. The van der Waals surface area contributed by atoms with Crippen LogP contribution in [0, 0.1) is 12.7 Å². The molecule has 0 saturated carbocycles. The van der Waals surface area contributed by atoms with Gasteiger partial charge in [-0.2, -0.15) is 0 Å². The smallest absolute Gasteiger partial charge is 0.303 e. The summed E-state index contributed by atoms with van der Waals surface area (Å²) in [5, 5.41) is 14.0. The molecular formula is C28H29FN2O3S. The Morgan fingerprint density at radius 2 is 1.77 bits per heavy atom. The monoisotopic (exact) mass is 492 g/mol. The highest BCUT2D eigenvalue weighted by Crippen LogP contribution is 2.35. The first kappa shape index (κ1) is 24.8. The number of ether oxygens (including phenoxy) is 1. The second kappa shape index (κ2) is 11.0. The quantitative estimate of drug-likeness (QED) is 0.239. The van der Waals surface area contributed by atoms with E-state index in [-0.39, 0.29) is 18.2 Å². The van der Waals surface area contributed by atoms with Gasteiger partial charge in [0.25, 0.3) is 0 Å². The average molecular weight is 493 g/mol. The van der Waals surface area contributed by atoms with E-state index in [0.29, 0.717) is 13.0 Å². The minimum Gasteiger partial charge on any atom is -0.481 e. The van der Waals surface area contributed by atoms with Crippen molar-refractivity contribution < 1.29 is 19.0 Å². The van der Waals surface area contributed by atoms with Gasteiger partial charge >= 0.3 is 5.97 Å². The number of hydrogen-bond donors (Lipinski definition) is 2. The Morgan fingerprint density at radius 1 is 1.03 bits per heavy atom. The maximum Gasteiger partial charge on any atom is 0.303 e. The van der Waals surface area contributed by atoms with Gasteiger partial charge in [0.2, 0.25) is 0 Å². The molecule has 2 atom stereocenters. The number of carboxylic acid groups (broad SMARTS) is 1. The standard InChI is InChI=1S/C28H29FN2O3S/c1-4-18(15-27(32)33)20-12-21(28(34-5-2)19-6-8-22(29)9-7-19)14-24(13-20)31-23-10-11-25-26(16-23)35-17(3)30-25/h6-14,16,18,28,31H,4-5,15H2,1-3H3,(H,32,33)/t18-,28-/m1/s1. The number of carbonyl (C=O) groups is 1. The molecule has 0 bridgehead atoms. The fourth-order valence-corrected chi connectivity index (χ4v) is 5.18. The van der Waals surface area contributed by atoms with Crippen molar-refractivity contribution in [2.45, 2.75) is 45.6 Å². The predicted octanol–water partition coefficient (Wildman–Crippen LogP) is 7.58. The third kappa shape index (κ3) is 6.05. The molecule has 0 amide bonds. The van der Waals surface area contributed by atoms with Gasteiger partial charge in [-0.1, -0.05) is 25.1 Å². The third-order valence-corrected chi connectivity index (χ3v) is 6.89. The van der Waals surface area contributed by atoms with Gasteiger partial charge in [-0.05, 0) is 85.3 Å². The maximum atomic E-state index is 13.6. The van der Waals surface area contributed by atoms with Gasteiger partial charge in [0.05, 0.1) is 21.6 Å². The Bertz CT molecular complexity index is 1320. The third-order valence-electron chi connectivity index (χ3n) is 5.96. The highest BCUT2D eigenvalue weighted by atomic mass is 32.1. The number of benzene rings is 3. The normalized spacial score (nSPS) is 13.0. The molecule has 182 valence electrons. The van der Waals surface area contributed by atoms with E-state index in [1.54, 1.807) is 23.5 Å². The van der Waals surface area contributed by atoms with Crippen molar-refractivity contribution in [3.05, 3.63) is 88.2 Å². The molecule has 4 aromatic rings. The number of fused-ring (bicyclic) bond motifs is 1. The van der Waals surface area contributed by atoms with E-state index >= 15 is 0 Å². The van der Waals surface area contributed by atoms with Gasteiger partial charge in [0.15, 0.2) is 0 Å². The number of carboxylic acids is 1. The molecule has 1 aromatic heterocycles. The van der Waals surface area contributed by atoms with Crippen LogP contribution in [0.15, 0.2) is 60.7 Å². The molecule has 0 unspecified atom stereocenters. The van der Waals surface area contributed by atoms with Crippen LogP contribution in [-0.2, 0) is 9.53 Å². The van der Waals surface area contributed by atoms with Crippen molar-refractivity contribution in [1.29, 1.82) is 0 Å². The lowest BCUT2D eigenvalue weighted by molar-refractivity contribution is -0.137. The van der Waals surface area contributed by atoms with E-state index < -0.39 is 12.1 Å². The van der Waals surface area contributed by atoms with E-state index in [1.807, 2.05) is 51.1 Å². The first-order valence-corrected chi connectivity index (χ1v) is 12.6. The molecule has 0 aliphatic carbocycles. The minimum atomic E-state index is -0.831. The number of aryl methyl sites for hydroxylation is 1. The Kier molecular flexibility index (Phi) is 7.78. The van der Waals surface area contributed by atoms with Crippen molar-refractivity contribution in [1.82, 2.24) is 4.98 Å². The molecule has 5 nitrogen and oxygen atoms in total. The number of nitrogens with one attached hydrogen (secondary N) is 1. The number of aromatic nitrogens is 1. The summed E-state index contributed by atoms with van der Waals surface area (Å²) in [4.78, 5) is 16.1. The van der Waals surface area contributed by atoms with Crippen molar-refractivity contribution in [2.24, 2.45) is 0 Å². The Balaban J connectivity index is 1.77. The van der Waals surface area contributed by atoms with Crippen LogP contribution in [0.5, 0.6) is 0 Å². The van der Waals surface area contributed by atoms with Gasteiger partial charge in [-0.25, -0.2) is 9.37 Å². The number of anilines is 2. The number of rotatable bonds is 10. The lowest BCUT2D eigenvalue weighted by Crippen LogP contribution is -2.10. The molecule has 0 aliphatic rings. The number of aliphatic carboxylic acids is 1. The first-order chi connectivity index (χ1) is 16.9. The van der Waals surface area contributed by atoms with Gasteiger partial charge in [-0.3, -0.25) is 4.79 Å². The lowest BCUT2D eigenvalue weighted by Gasteiger charge is -2.23. The van der Waals surface area contributed by atoms with E-state index in [2.05, 4.69) is 16.4 Å². The summed E-state index contributed by atoms with van der Waals surface area (Å²) in [5.74, 6) is -1.28. The summed E-state index contributed by atoms with van der Waals surface area (Å²) in [6.45, 7) is 6.38. The molecule has 0 fully saturated rings. The van der Waals surface area contributed by atoms with Crippen LogP contribution < -0.4 is 5.32 Å². The zero-order chi connectivity index (χ0) is 24.9. The van der Waals surface area contributed by atoms with E-state index in [0.717, 1.165) is 43.3 Å². The van der Waals surface area contributed by atoms with Crippen LogP contribution in [0.2, 0.25) is 0 Å². The Hall–Kier alpha value is -3.29. The van der Waals surface area contributed by atoms with E-state index in [1.165, 1.54) is 12.1 Å². The van der Waals surface area contributed by atoms with Crippen molar-refractivity contribution in [3.63, 3.8) is 0 Å². The summed E-state index contributed by atoms with van der Waals surface area (Å²) in [5.41, 5.74) is 5.38. The van der Waals surface area contributed by atoms with E-state index in [4.69, 9.17) is 4.74 Å². The fourth-order valence-electron chi connectivity index (χ4n) is 4.32. The van der Waals surface area contributed by atoms with Crippen molar-refractivity contribution in [2.75, 3.05) is 11.9 Å². The van der Waals surface area contributed by atoms with Crippen LogP contribution in [0.3, 0.4) is 0 Å². The summed E-state index contributed by atoms with van der Waals surface area (Å²) in [6, 6.07) is 18.4. The number of hydrogen-bond acceptors (Lipinski definition) is 5. The molecule has 4 rings (SSSR count). The molecule has 3 aromatic carbocycles. The van der Waals surface area contributed by atoms with Gasteiger partial charge in [0, 0.05) is 18.0 Å². The molecular weight excluding hydrogens is 463 g/mol. The average Bonchev–Trinajstić information content (AvgIpc) is 3.20. The lowest BCUT2D eigenvalue weighted by atomic mass is 9.89. The molecule has 0 aliphatic heterocycles. The molecule has 0 radical (unpaired) electrons. The molecule has 1 heterocycles. The Morgan fingerprint density at radius 3 is 2.46 bits per heavy atom. The van der Waals surface area contributed by atoms with Crippen LogP contribution in [0.4, 0.5) is 15.8 Å². The molecule has 35 heavy (non-hydrogen) atoms. The van der Waals surface area contributed by atoms with Crippen LogP contribution >= 0.6 is 11.3 Å². The summed E-state index contributed by atoms with van der Waals surface area (Å²) in [6.07, 6.45) is 0.327. The second-order valence-corrected chi connectivity index (χ2v) is 9.75. The molecule has 0 saturated heterocycles. The molecule has 2 N–H and O–H groups in total. The summed E-state index contributed by atoms with van der Waals surface area (Å²) < 4.78 is 20.8. The zero-order valence-corrected chi connectivity index (χ0v) is 20.9. The summed E-state index contributed by atoms with van der Waals surface area (Å²) in [7, 11) is 0. The molecule has 0 spiro atoms. The van der Waals surface area contributed by atoms with E-state index in [9.17, 15) is 14.3 Å². The highest BCUT2D eigenvalue weighted by molar-refractivity contribution is 7.18. The van der Waals surface area contributed by atoms with Gasteiger partial charge in [0.1, 0.15) is 11.9 Å². The van der Waals surface area contributed by atoms with Crippen LogP contribution in [-0.4, -0.2) is 22.7 Å². The second-order valence-electron chi connectivity index (χ2n) is 8.52. The van der Waals surface area contributed by atoms with Crippen molar-refractivity contribution in [3.8, 4) is 0 Å². The summed E-state index contributed by atoms with van der Waals surface area (Å²) >= 11 is 1.64. The van der Waals surface area contributed by atoms with Crippen LogP contribution in [0.1, 0.15) is 60.4 Å².